The van der Waals surface area contributed by atoms with Crippen molar-refractivity contribution in [3.8, 4) is 5.75 Å². The second kappa shape index (κ2) is 6.97. The molecule has 0 bridgehead atoms. The Hall–Kier alpha value is -1.83. The number of nitrogens with zero attached hydrogens (tertiary/aromatic N) is 2. The number of aryl methyl sites for hydroxylation is 2. The number of hydrogen-bond donors (Lipinski definition) is 0. The summed E-state index contributed by atoms with van der Waals surface area (Å²) in [6, 6.07) is 7.87. The Balaban J connectivity index is 2.05. The molecule has 0 N–H and O–H groups in total. The number of benzene rings is 1. The fourth-order valence-electron chi connectivity index (χ4n) is 3.44. The minimum Gasteiger partial charge on any atom is -0.497 e. The average molecular weight is 372 g/mol. The highest BCUT2D eigenvalue weighted by atomic mass is 16.7. The van der Waals surface area contributed by atoms with Crippen LogP contribution in [0.15, 0.2) is 24.3 Å². The van der Waals surface area contributed by atoms with Crippen LogP contribution in [-0.4, -0.2) is 42.3 Å². The van der Waals surface area contributed by atoms with Gasteiger partial charge in [-0.3, -0.25) is 4.68 Å². The monoisotopic (exact) mass is 372 g/mol. The number of rotatable bonds is 5. The van der Waals surface area contributed by atoms with E-state index in [0.29, 0.717) is 0 Å². The summed E-state index contributed by atoms with van der Waals surface area (Å²) in [6.45, 7) is 10.2. The van der Waals surface area contributed by atoms with Gasteiger partial charge < -0.3 is 18.8 Å². The van der Waals surface area contributed by atoms with E-state index < -0.39 is 18.3 Å². The van der Waals surface area contributed by atoms with Crippen molar-refractivity contribution in [3.63, 3.8) is 0 Å². The average Bonchev–Trinajstić information content (AvgIpc) is 3.00. The van der Waals surface area contributed by atoms with Crippen molar-refractivity contribution in [2.75, 3.05) is 14.2 Å². The molecule has 0 aliphatic carbocycles. The van der Waals surface area contributed by atoms with Crippen LogP contribution >= 0.6 is 0 Å². The Morgan fingerprint density at radius 1 is 1.04 bits per heavy atom. The topological polar surface area (TPSA) is 54.7 Å². The van der Waals surface area contributed by atoms with Crippen LogP contribution in [0.25, 0.3) is 0 Å². The quantitative estimate of drug-likeness (QED) is 0.756. The summed E-state index contributed by atoms with van der Waals surface area (Å²) in [5.74, 6) is 0.806. The van der Waals surface area contributed by atoms with Gasteiger partial charge in [-0.1, -0.05) is 12.1 Å². The number of aromatic nitrogens is 2. The summed E-state index contributed by atoms with van der Waals surface area (Å²) >= 11 is 0. The number of methoxy groups -OCH3 is 2. The van der Waals surface area contributed by atoms with Gasteiger partial charge in [0.15, 0.2) is 0 Å². The maximum absolute atomic E-state index is 6.30. The summed E-state index contributed by atoms with van der Waals surface area (Å²) in [5, 5.41) is 4.63. The van der Waals surface area contributed by atoms with Crippen LogP contribution in [0.4, 0.5) is 0 Å². The predicted octanol–water partition coefficient (Wildman–Crippen LogP) is 2.77. The first-order valence-electron chi connectivity index (χ1n) is 9.17. The van der Waals surface area contributed by atoms with Gasteiger partial charge in [0.1, 0.15) is 11.9 Å². The molecule has 1 aromatic carbocycles. The van der Waals surface area contributed by atoms with Crippen LogP contribution in [0.3, 0.4) is 0 Å². The van der Waals surface area contributed by atoms with E-state index in [4.69, 9.17) is 18.8 Å². The van der Waals surface area contributed by atoms with Gasteiger partial charge in [-0.2, -0.15) is 5.10 Å². The van der Waals surface area contributed by atoms with Gasteiger partial charge in [0.25, 0.3) is 0 Å². The summed E-state index contributed by atoms with van der Waals surface area (Å²) in [4.78, 5) is 0. The number of hydrogen-bond acceptors (Lipinski definition) is 5. The zero-order valence-corrected chi connectivity index (χ0v) is 17.5. The molecule has 2 heterocycles. The molecule has 0 radical (unpaired) electrons. The van der Waals surface area contributed by atoms with Crippen LogP contribution in [0.1, 0.15) is 50.8 Å². The standard InChI is InChI=1S/C20H29BN2O4/c1-13-16(21-26-19(2,3)20(4,5)27-21)17(23(6)22-13)18(25-8)14-9-11-15(24-7)12-10-14/h9-12,18H,1-8H3. The van der Waals surface area contributed by atoms with Crippen LogP contribution in [0, 0.1) is 6.92 Å². The van der Waals surface area contributed by atoms with E-state index >= 15 is 0 Å². The Labute approximate surface area is 161 Å². The van der Waals surface area contributed by atoms with Crippen LogP contribution in [0.5, 0.6) is 5.75 Å². The first-order chi connectivity index (χ1) is 12.6. The molecule has 1 aliphatic rings. The summed E-state index contributed by atoms with van der Waals surface area (Å²) < 4.78 is 25.6. The Morgan fingerprint density at radius 2 is 1.59 bits per heavy atom. The highest BCUT2D eigenvalue weighted by Gasteiger charge is 2.53. The van der Waals surface area contributed by atoms with Gasteiger partial charge in [0, 0.05) is 19.6 Å². The molecule has 1 aromatic heterocycles. The van der Waals surface area contributed by atoms with Gasteiger partial charge in [0.2, 0.25) is 0 Å². The second-order valence-corrected chi connectivity index (χ2v) is 7.99. The normalized spacial score (nSPS) is 19.3. The molecular formula is C20H29BN2O4. The molecule has 1 fully saturated rings. The molecule has 6 nitrogen and oxygen atoms in total. The summed E-state index contributed by atoms with van der Waals surface area (Å²) in [6.07, 6.45) is -0.295. The van der Waals surface area contributed by atoms with Gasteiger partial charge in [-0.15, -0.1) is 0 Å². The van der Waals surface area contributed by atoms with E-state index in [0.717, 1.165) is 28.2 Å². The van der Waals surface area contributed by atoms with E-state index in [1.165, 1.54) is 0 Å². The largest absolute Gasteiger partial charge is 0.498 e. The fraction of sp³-hybridized carbons (Fsp3) is 0.550. The third kappa shape index (κ3) is 3.39. The zero-order chi connectivity index (χ0) is 20.0. The van der Waals surface area contributed by atoms with E-state index in [1.54, 1.807) is 14.2 Å². The molecule has 27 heavy (non-hydrogen) atoms. The van der Waals surface area contributed by atoms with Crippen molar-refractivity contribution in [3.05, 3.63) is 41.2 Å². The zero-order valence-electron chi connectivity index (χ0n) is 17.5. The third-order valence-corrected chi connectivity index (χ3v) is 5.71. The lowest BCUT2D eigenvalue weighted by molar-refractivity contribution is 0.00578. The molecule has 1 aliphatic heterocycles. The number of ether oxygens (including phenoxy) is 2. The SMILES string of the molecule is COc1ccc(C(OC)c2c(B3OC(C)(C)C(C)(C)O3)c(C)nn2C)cc1. The Bertz CT molecular complexity index is 798. The molecule has 1 unspecified atom stereocenters. The molecule has 3 rings (SSSR count). The lowest BCUT2D eigenvalue weighted by Crippen LogP contribution is -2.41. The first kappa shape index (κ1) is 19.9. The van der Waals surface area contributed by atoms with Crippen LogP contribution < -0.4 is 10.2 Å². The molecule has 146 valence electrons. The maximum atomic E-state index is 6.30. The van der Waals surface area contributed by atoms with E-state index in [1.807, 2.05) is 42.9 Å². The molecule has 1 atom stereocenters. The van der Waals surface area contributed by atoms with Crippen molar-refractivity contribution >= 4 is 12.6 Å². The lowest BCUT2D eigenvalue weighted by Gasteiger charge is -2.32. The molecule has 0 saturated carbocycles. The fourth-order valence-corrected chi connectivity index (χ4v) is 3.44. The van der Waals surface area contributed by atoms with Crippen molar-refractivity contribution in [1.29, 1.82) is 0 Å². The molecule has 7 heteroatoms. The minimum absolute atomic E-state index is 0.295. The first-order valence-corrected chi connectivity index (χ1v) is 9.17. The Kier molecular flexibility index (Phi) is 5.14. The molecular weight excluding hydrogens is 343 g/mol. The van der Waals surface area contributed by atoms with Crippen molar-refractivity contribution < 1.29 is 18.8 Å². The Morgan fingerprint density at radius 3 is 2.07 bits per heavy atom. The minimum atomic E-state index is -0.491. The summed E-state index contributed by atoms with van der Waals surface area (Å²) in [7, 11) is 4.79. The molecule has 0 amide bonds. The lowest BCUT2D eigenvalue weighted by atomic mass is 9.75. The van der Waals surface area contributed by atoms with Crippen LogP contribution in [-0.2, 0) is 21.1 Å². The van der Waals surface area contributed by atoms with Crippen molar-refractivity contribution in [2.24, 2.45) is 7.05 Å². The summed E-state index contributed by atoms with van der Waals surface area (Å²) in [5.41, 5.74) is 2.91. The predicted molar refractivity (Wildman–Crippen MR) is 106 cm³/mol. The van der Waals surface area contributed by atoms with E-state index in [9.17, 15) is 0 Å². The van der Waals surface area contributed by atoms with Gasteiger partial charge in [-0.25, -0.2) is 0 Å². The molecule has 2 aromatic rings. The van der Waals surface area contributed by atoms with Crippen molar-refractivity contribution in [2.45, 2.75) is 51.9 Å². The van der Waals surface area contributed by atoms with E-state index in [-0.39, 0.29) is 6.10 Å². The molecule has 1 saturated heterocycles. The van der Waals surface area contributed by atoms with Crippen LogP contribution in [0.2, 0.25) is 0 Å². The van der Waals surface area contributed by atoms with Gasteiger partial charge in [0.05, 0.1) is 29.7 Å². The third-order valence-electron chi connectivity index (χ3n) is 5.71. The highest BCUT2D eigenvalue weighted by molar-refractivity contribution is 6.63. The second-order valence-electron chi connectivity index (χ2n) is 7.99. The maximum Gasteiger partial charge on any atom is 0.498 e. The molecule has 0 spiro atoms. The van der Waals surface area contributed by atoms with Gasteiger partial charge >= 0.3 is 7.12 Å². The van der Waals surface area contributed by atoms with Gasteiger partial charge in [-0.05, 0) is 52.3 Å². The van der Waals surface area contributed by atoms with Crippen molar-refractivity contribution in [1.82, 2.24) is 9.78 Å². The highest BCUT2D eigenvalue weighted by Crippen LogP contribution is 2.38. The van der Waals surface area contributed by atoms with E-state index in [2.05, 4.69) is 32.8 Å². The smallest absolute Gasteiger partial charge is 0.497 e.